The zero-order valence-corrected chi connectivity index (χ0v) is 12.8. The maximum atomic E-state index is 11.6. The smallest absolute Gasteiger partial charge is 0.240 e. The first-order chi connectivity index (χ1) is 10.7. The highest BCUT2D eigenvalue weighted by atomic mass is 16.2. The summed E-state index contributed by atoms with van der Waals surface area (Å²) in [5, 5.41) is 7.23. The van der Waals surface area contributed by atoms with Gasteiger partial charge in [-0.25, -0.2) is 5.43 Å². The van der Waals surface area contributed by atoms with E-state index in [1.807, 2.05) is 42.5 Å². The van der Waals surface area contributed by atoms with Crippen molar-refractivity contribution in [2.24, 2.45) is 5.10 Å². The molecule has 0 radical (unpaired) electrons. The molecule has 0 unspecified atom stereocenters. The van der Waals surface area contributed by atoms with Crippen LogP contribution in [-0.4, -0.2) is 18.7 Å². The Kier molecular flexibility index (Phi) is 6.18. The minimum Gasteiger partial charge on any atom is -0.385 e. The third kappa shape index (κ3) is 5.79. The standard InChI is InChI=1S/C18H21N3O/c1-15-9-11-17(12-10-15)19-13-5-8-18(22)21-20-14-16-6-3-2-4-7-16/h2-4,6-7,9-12,14,19H,5,8,13H2,1H3,(H,21,22)/b20-14-. The van der Waals surface area contributed by atoms with Crippen molar-refractivity contribution in [3.05, 3.63) is 65.7 Å². The van der Waals surface area contributed by atoms with E-state index in [2.05, 4.69) is 34.9 Å². The quantitative estimate of drug-likeness (QED) is 0.467. The van der Waals surface area contributed by atoms with Crippen molar-refractivity contribution in [1.29, 1.82) is 0 Å². The highest BCUT2D eigenvalue weighted by Gasteiger charge is 1.99. The molecule has 0 aliphatic heterocycles. The first-order valence-electron chi connectivity index (χ1n) is 7.41. The second kappa shape index (κ2) is 8.62. The molecule has 0 heterocycles. The highest BCUT2D eigenvalue weighted by molar-refractivity contribution is 5.82. The van der Waals surface area contributed by atoms with Crippen LogP contribution in [0, 0.1) is 6.92 Å². The predicted octanol–water partition coefficient (Wildman–Crippen LogP) is 3.34. The van der Waals surface area contributed by atoms with Crippen LogP contribution in [0.5, 0.6) is 0 Å². The summed E-state index contributed by atoms with van der Waals surface area (Å²) in [6, 6.07) is 17.9. The van der Waals surface area contributed by atoms with E-state index in [4.69, 9.17) is 0 Å². The molecule has 0 aliphatic rings. The van der Waals surface area contributed by atoms with Crippen LogP contribution in [-0.2, 0) is 4.79 Å². The minimum atomic E-state index is -0.0714. The summed E-state index contributed by atoms with van der Waals surface area (Å²) < 4.78 is 0. The monoisotopic (exact) mass is 295 g/mol. The Morgan fingerprint density at radius 1 is 1.09 bits per heavy atom. The van der Waals surface area contributed by atoms with Gasteiger partial charge in [0.05, 0.1) is 6.21 Å². The number of hydrazone groups is 1. The number of anilines is 1. The zero-order valence-electron chi connectivity index (χ0n) is 12.8. The van der Waals surface area contributed by atoms with Crippen LogP contribution in [0.15, 0.2) is 59.7 Å². The summed E-state index contributed by atoms with van der Waals surface area (Å²) in [5.74, 6) is -0.0714. The average molecular weight is 295 g/mol. The average Bonchev–Trinajstić information content (AvgIpc) is 2.54. The van der Waals surface area contributed by atoms with Gasteiger partial charge in [-0.05, 0) is 31.0 Å². The summed E-state index contributed by atoms with van der Waals surface area (Å²) in [4.78, 5) is 11.6. The van der Waals surface area contributed by atoms with E-state index in [1.54, 1.807) is 6.21 Å². The Bertz CT molecular complexity index is 606. The Balaban J connectivity index is 1.61. The van der Waals surface area contributed by atoms with Crippen LogP contribution in [0.25, 0.3) is 0 Å². The molecule has 4 heteroatoms. The fourth-order valence-corrected chi connectivity index (χ4v) is 1.93. The van der Waals surface area contributed by atoms with Gasteiger partial charge >= 0.3 is 0 Å². The van der Waals surface area contributed by atoms with Crippen LogP contribution < -0.4 is 10.7 Å². The largest absolute Gasteiger partial charge is 0.385 e. The Morgan fingerprint density at radius 3 is 2.55 bits per heavy atom. The first kappa shape index (κ1) is 15.8. The molecule has 4 nitrogen and oxygen atoms in total. The second-order valence-electron chi connectivity index (χ2n) is 5.10. The summed E-state index contributed by atoms with van der Waals surface area (Å²) in [6.07, 6.45) is 2.86. The van der Waals surface area contributed by atoms with E-state index >= 15 is 0 Å². The molecule has 0 atom stereocenters. The Hall–Kier alpha value is -2.62. The molecule has 2 N–H and O–H groups in total. The lowest BCUT2D eigenvalue weighted by Crippen LogP contribution is -2.18. The molecule has 2 aromatic carbocycles. The lowest BCUT2D eigenvalue weighted by molar-refractivity contribution is -0.121. The van der Waals surface area contributed by atoms with Crippen LogP contribution in [0.3, 0.4) is 0 Å². The van der Waals surface area contributed by atoms with Gasteiger partial charge in [-0.3, -0.25) is 4.79 Å². The van der Waals surface area contributed by atoms with Gasteiger partial charge in [-0.15, -0.1) is 0 Å². The topological polar surface area (TPSA) is 53.5 Å². The van der Waals surface area contributed by atoms with E-state index < -0.39 is 0 Å². The third-order valence-electron chi connectivity index (χ3n) is 3.16. The molecule has 2 aromatic rings. The number of carbonyl (C=O) groups is 1. The SMILES string of the molecule is Cc1ccc(NCCCC(=O)N/N=C\c2ccccc2)cc1. The third-order valence-corrected chi connectivity index (χ3v) is 3.16. The molecule has 0 aliphatic carbocycles. The molecule has 0 fully saturated rings. The van der Waals surface area contributed by atoms with Crippen LogP contribution in [0.2, 0.25) is 0 Å². The van der Waals surface area contributed by atoms with Gasteiger partial charge in [0.1, 0.15) is 0 Å². The summed E-state index contributed by atoms with van der Waals surface area (Å²) in [5.41, 5.74) is 5.82. The van der Waals surface area contributed by atoms with Crippen molar-refractivity contribution in [3.63, 3.8) is 0 Å². The van der Waals surface area contributed by atoms with Crippen LogP contribution in [0.1, 0.15) is 24.0 Å². The fraction of sp³-hybridized carbons (Fsp3) is 0.222. The van der Waals surface area contributed by atoms with Gasteiger partial charge in [0.25, 0.3) is 0 Å². The molecule has 2 rings (SSSR count). The van der Waals surface area contributed by atoms with Crippen LogP contribution in [0.4, 0.5) is 5.69 Å². The number of aryl methyl sites for hydroxylation is 1. The molecule has 1 amide bonds. The maximum Gasteiger partial charge on any atom is 0.240 e. The number of amides is 1. The molecular weight excluding hydrogens is 274 g/mol. The Morgan fingerprint density at radius 2 is 1.82 bits per heavy atom. The van der Waals surface area contributed by atoms with Gasteiger partial charge in [0.2, 0.25) is 5.91 Å². The summed E-state index contributed by atoms with van der Waals surface area (Å²) in [6.45, 7) is 2.82. The number of hydrogen-bond donors (Lipinski definition) is 2. The zero-order chi connectivity index (χ0) is 15.6. The van der Waals surface area contributed by atoms with Crippen molar-refractivity contribution in [2.45, 2.75) is 19.8 Å². The maximum absolute atomic E-state index is 11.6. The molecule has 0 spiro atoms. The lowest BCUT2D eigenvalue weighted by atomic mass is 10.2. The van der Waals surface area contributed by atoms with E-state index in [-0.39, 0.29) is 5.91 Å². The van der Waals surface area contributed by atoms with Gasteiger partial charge < -0.3 is 5.32 Å². The number of nitrogens with zero attached hydrogens (tertiary/aromatic N) is 1. The molecule has 0 saturated heterocycles. The van der Waals surface area contributed by atoms with Gasteiger partial charge in [-0.2, -0.15) is 5.10 Å². The van der Waals surface area contributed by atoms with E-state index in [0.717, 1.165) is 24.2 Å². The molecule has 22 heavy (non-hydrogen) atoms. The second-order valence-corrected chi connectivity index (χ2v) is 5.10. The molecule has 0 bridgehead atoms. The van der Waals surface area contributed by atoms with E-state index in [0.29, 0.717) is 6.42 Å². The van der Waals surface area contributed by atoms with Crippen molar-refractivity contribution in [3.8, 4) is 0 Å². The minimum absolute atomic E-state index is 0.0714. The van der Waals surface area contributed by atoms with Crippen molar-refractivity contribution in [2.75, 3.05) is 11.9 Å². The predicted molar refractivity (Wildman–Crippen MR) is 91.1 cm³/mol. The van der Waals surface area contributed by atoms with Crippen molar-refractivity contribution < 1.29 is 4.79 Å². The normalized spacial score (nSPS) is 10.6. The lowest BCUT2D eigenvalue weighted by Gasteiger charge is -2.06. The Labute approximate surface area is 131 Å². The van der Waals surface area contributed by atoms with Crippen molar-refractivity contribution in [1.82, 2.24) is 5.43 Å². The fourth-order valence-electron chi connectivity index (χ4n) is 1.93. The summed E-state index contributed by atoms with van der Waals surface area (Å²) >= 11 is 0. The van der Waals surface area contributed by atoms with Gasteiger partial charge in [-0.1, -0.05) is 48.0 Å². The van der Waals surface area contributed by atoms with Gasteiger partial charge in [0.15, 0.2) is 0 Å². The first-order valence-corrected chi connectivity index (χ1v) is 7.41. The molecule has 0 saturated carbocycles. The van der Waals surface area contributed by atoms with E-state index in [9.17, 15) is 4.79 Å². The molecule has 114 valence electrons. The van der Waals surface area contributed by atoms with E-state index in [1.165, 1.54) is 5.56 Å². The number of nitrogens with one attached hydrogen (secondary N) is 2. The van der Waals surface area contributed by atoms with Crippen molar-refractivity contribution >= 4 is 17.8 Å². The highest BCUT2D eigenvalue weighted by Crippen LogP contribution is 2.08. The number of hydrogen-bond acceptors (Lipinski definition) is 3. The van der Waals surface area contributed by atoms with Gasteiger partial charge in [0, 0.05) is 18.7 Å². The number of rotatable bonds is 7. The van der Waals surface area contributed by atoms with Crippen LogP contribution >= 0.6 is 0 Å². The molecular formula is C18H21N3O. The molecule has 0 aromatic heterocycles. The number of benzene rings is 2. The number of carbonyl (C=O) groups excluding carboxylic acids is 1. The summed E-state index contributed by atoms with van der Waals surface area (Å²) in [7, 11) is 0.